The standard InChI is InChI=1S/C13H16N2O3/c1-13(2,18)12(17)15-10-4-3-8(7-14)5-9(10)6-11(15)16/h3-5,18H,6-7,14H2,1-2H3. The molecule has 0 saturated carbocycles. The van der Waals surface area contributed by atoms with Crippen molar-refractivity contribution in [2.24, 2.45) is 5.73 Å². The van der Waals surface area contributed by atoms with Crippen molar-refractivity contribution in [2.45, 2.75) is 32.4 Å². The molecule has 0 spiro atoms. The molecule has 96 valence electrons. The molecule has 1 aromatic carbocycles. The Hall–Kier alpha value is -1.72. The number of imide groups is 1. The number of hydrogen-bond acceptors (Lipinski definition) is 4. The van der Waals surface area contributed by atoms with E-state index in [0.717, 1.165) is 16.0 Å². The third-order valence-electron chi connectivity index (χ3n) is 2.94. The third kappa shape index (κ3) is 2.02. The lowest BCUT2D eigenvalue weighted by molar-refractivity contribution is -0.136. The molecule has 3 N–H and O–H groups in total. The maximum Gasteiger partial charge on any atom is 0.265 e. The zero-order valence-electron chi connectivity index (χ0n) is 10.4. The maximum atomic E-state index is 12.0. The number of amides is 2. The molecule has 0 radical (unpaired) electrons. The minimum absolute atomic E-state index is 0.172. The van der Waals surface area contributed by atoms with Crippen molar-refractivity contribution in [3.63, 3.8) is 0 Å². The minimum atomic E-state index is -1.57. The Bertz CT molecular complexity index is 517. The van der Waals surface area contributed by atoms with Gasteiger partial charge in [-0.15, -0.1) is 0 Å². The van der Waals surface area contributed by atoms with E-state index >= 15 is 0 Å². The molecular weight excluding hydrogens is 232 g/mol. The van der Waals surface area contributed by atoms with Crippen LogP contribution in [0.4, 0.5) is 5.69 Å². The first-order valence-corrected chi connectivity index (χ1v) is 5.76. The molecule has 5 heteroatoms. The number of nitrogens with two attached hydrogens (primary N) is 1. The number of carbonyl (C=O) groups is 2. The van der Waals surface area contributed by atoms with Crippen molar-refractivity contribution in [1.82, 2.24) is 0 Å². The van der Waals surface area contributed by atoms with Crippen molar-refractivity contribution in [2.75, 3.05) is 4.90 Å². The van der Waals surface area contributed by atoms with Crippen LogP contribution in [0.3, 0.4) is 0 Å². The Morgan fingerprint density at radius 3 is 2.72 bits per heavy atom. The molecule has 0 unspecified atom stereocenters. The van der Waals surface area contributed by atoms with E-state index in [9.17, 15) is 14.7 Å². The molecule has 0 aromatic heterocycles. The summed E-state index contributed by atoms with van der Waals surface area (Å²) in [6.45, 7) is 3.13. The van der Waals surface area contributed by atoms with E-state index in [0.29, 0.717) is 12.2 Å². The lowest BCUT2D eigenvalue weighted by atomic mass is 10.1. The van der Waals surface area contributed by atoms with Crippen molar-refractivity contribution >= 4 is 17.5 Å². The van der Waals surface area contributed by atoms with Crippen LogP contribution < -0.4 is 10.6 Å². The van der Waals surface area contributed by atoms with Crippen LogP contribution >= 0.6 is 0 Å². The summed E-state index contributed by atoms with van der Waals surface area (Å²) in [5.74, 6) is -0.918. The van der Waals surface area contributed by atoms with Gasteiger partial charge in [-0.3, -0.25) is 9.59 Å². The Labute approximate surface area is 105 Å². The molecule has 1 heterocycles. The van der Waals surface area contributed by atoms with Gasteiger partial charge in [0, 0.05) is 6.54 Å². The molecule has 0 atom stereocenters. The van der Waals surface area contributed by atoms with Gasteiger partial charge in [-0.25, -0.2) is 4.90 Å². The molecule has 1 aliphatic heterocycles. The summed E-state index contributed by atoms with van der Waals surface area (Å²) in [5.41, 5.74) is 6.21. The van der Waals surface area contributed by atoms with Gasteiger partial charge in [0.2, 0.25) is 5.91 Å². The molecule has 0 aliphatic carbocycles. The average molecular weight is 248 g/mol. The molecule has 18 heavy (non-hydrogen) atoms. The summed E-state index contributed by atoms with van der Waals surface area (Å²) in [4.78, 5) is 25.0. The fraction of sp³-hybridized carbons (Fsp3) is 0.385. The zero-order valence-corrected chi connectivity index (χ0v) is 10.4. The topological polar surface area (TPSA) is 83.6 Å². The molecule has 1 aliphatic rings. The summed E-state index contributed by atoms with van der Waals surface area (Å²) < 4.78 is 0. The SMILES string of the molecule is CC(C)(O)C(=O)N1C(=O)Cc2cc(CN)ccc21. The van der Waals surface area contributed by atoms with E-state index in [4.69, 9.17) is 5.73 Å². The van der Waals surface area contributed by atoms with E-state index in [1.165, 1.54) is 13.8 Å². The van der Waals surface area contributed by atoms with Gasteiger partial charge in [0.1, 0.15) is 5.60 Å². The first-order chi connectivity index (χ1) is 8.34. The van der Waals surface area contributed by atoms with Crippen molar-refractivity contribution < 1.29 is 14.7 Å². The first-order valence-electron chi connectivity index (χ1n) is 5.76. The Morgan fingerprint density at radius 1 is 1.50 bits per heavy atom. The van der Waals surface area contributed by atoms with Crippen LogP contribution in [0.1, 0.15) is 25.0 Å². The van der Waals surface area contributed by atoms with Crippen LogP contribution in [0.25, 0.3) is 0 Å². The molecule has 1 aromatic rings. The zero-order chi connectivity index (χ0) is 13.5. The largest absolute Gasteiger partial charge is 0.381 e. The van der Waals surface area contributed by atoms with Crippen LogP contribution in [-0.4, -0.2) is 22.5 Å². The van der Waals surface area contributed by atoms with Gasteiger partial charge >= 0.3 is 0 Å². The molecule has 0 bridgehead atoms. The summed E-state index contributed by atoms with van der Waals surface area (Å²) in [7, 11) is 0. The summed E-state index contributed by atoms with van der Waals surface area (Å²) in [6, 6.07) is 5.30. The molecule has 0 fully saturated rings. The minimum Gasteiger partial charge on any atom is -0.381 e. The van der Waals surface area contributed by atoms with Gasteiger partial charge in [-0.05, 0) is 31.0 Å². The second kappa shape index (κ2) is 4.19. The van der Waals surface area contributed by atoms with E-state index in [1.807, 2.05) is 6.07 Å². The summed E-state index contributed by atoms with van der Waals surface area (Å²) in [6.07, 6.45) is 0.172. The number of hydrogen-bond donors (Lipinski definition) is 2. The molecule has 2 amide bonds. The number of carbonyl (C=O) groups excluding carboxylic acids is 2. The molecule has 2 rings (SSSR count). The lowest BCUT2D eigenvalue weighted by Crippen LogP contribution is -2.46. The van der Waals surface area contributed by atoms with Gasteiger partial charge in [-0.1, -0.05) is 12.1 Å². The van der Waals surface area contributed by atoms with Crippen LogP contribution in [-0.2, 0) is 22.6 Å². The molecule has 0 saturated heterocycles. The van der Waals surface area contributed by atoms with Crippen molar-refractivity contribution in [3.8, 4) is 0 Å². The monoisotopic (exact) mass is 248 g/mol. The van der Waals surface area contributed by atoms with Gasteiger partial charge in [0.25, 0.3) is 5.91 Å². The lowest BCUT2D eigenvalue weighted by Gasteiger charge is -2.23. The second-order valence-electron chi connectivity index (χ2n) is 4.94. The third-order valence-corrected chi connectivity index (χ3v) is 2.94. The number of nitrogens with zero attached hydrogens (tertiary/aromatic N) is 1. The number of fused-ring (bicyclic) bond motifs is 1. The number of benzene rings is 1. The first kappa shape index (κ1) is 12.7. The highest BCUT2D eigenvalue weighted by Crippen LogP contribution is 2.31. The Balaban J connectivity index is 2.43. The van der Waals surface area contributed by atoms with E-state index in [-0.39, 0.29) is 12.3 Å². The average Bonchev–Trinajstić information content (AvgIpc) is 2.61. The summed E-state index contributed by atoms with van der Waals surface area (Å²) in [5, 5.41) is 9.73. The van der Waals surface area contributed by atoms with Crippen LogP contribution in [0, 0.1) is 0 Å². The van der Waals surface area contributed by atoms with Crippen molar-refractivity contribution in [1.29, 1.82) is 0 Å². The Morgan fingerprint density at radius 2 is 2.17 bits per heavy atom. The Kier molecular flexibility index (Phi) is 2.96. The maximum absolute atomic E-state index is 12.0. The molecular formula is C13H16N2O3. The van der Waals surface area contributed by atoms with Crippen LogP contribution in [0.5, 0.6) is 0 Å². The number of rotatable bonds is 2. The number of aliphatic hydroxyl groups is 1. The predicted molar refractivity (Wildman–Crippen MR) is 66.8 cm³/mol. The van der Waals surface area contributed by atoms with Gasteiger partial charge < -0.3 is 10.8 Å². The fourth-order valence-electron chi connectivity index (χ4n) is 2.00. The van der Waals surface area contributed by atoms with E-state index < -0.39 is 11.5 Å². The van der Waals surface area contributed by atoms with E-state index in [1.54, 1.807) is 12.1 Å². The predicted octanol–water partition coefficient (Wildman–Crippen LogP) is 0.332. The molecule has 5 nitrogen and oxygen atoms in total. The highest BCUT2D eigenvalue weighted by molar-refractivity contribution is 6.21. The number of anilines is 1. The highest BCUT2D eigenvalue weighted by atomic mass is 16.3. The van der Waals surface area contributed by atoms with Gasteiger partial charge in [-0.2, -0.15) is 0 Å². The summed E-state index contributed by atoms with van der Waals surface area (Å²) >= 11 is 0. The van der Waals surface area contributed by atoms with Crippen molar-refractivity contribution in [3.05, 3.63) is 29.3 Å². The highest BCUT2D eigenvalue weighted by Gasteiger charge is 2.39. The van der Waals surface area contributed by atoms with Crippen LogP contribution in [0.15, 0.2) is 18.2 Å². The normalized spacial score (nSPS) is 14.9. The fourth-order valence-corrected chi connectivity index (χ4v) is 2.00. The van der Waals surface area contributed by atoms with Gasteiger partial charge in [0.15, 0.2) is 0 Å². The second-order valence-corrected chi connectivity index (χ2v) is 4.94. The van der Waals surface area contributed by atoms with Gasteiger partial charge in [0.05, 0.1) is 12.1 Å². The van der Waals surface area contributed by atoms with Crippen LogP contribution in [0.2, 0.25) is 0 Å². The van der Waals surface area contributed by atoms with E-state index in [2.05, 4.69) is 0 Å². The smallest absolute Gasteiger partial charge is 0.265 e. The quantitative estimate of drug-likeness (QED) is 0.790.